The van der Waals surface area contributed by atoms with Gasteiger partial charge in [-0.15, -0.1) is 0 Å². The van der Waals surface area contributed by atoms with Gasteiger partial charge in [0.2, 0.25) is 0 Å². The third-order valence-corrected chi connectivity index (χ3v) is 3.42. The van der Waals surface area contributed by atoms with Crippen molar-refractivity contribution in [3.05, 3.63) is 24.3 Å². The highest BCUT2D eigenvalue weighted by Gasteiger charge is 2.31. The molecule has 0 aromatic carbocycles. The lowest BCUT2D eigenvalue weighted by Crippen LogP contribution is -2.44. The van der Waals surface area contributed by atoms with Crippen molar-refractivity contribution in [2.45, 2.75) is 31.7 Å². The molecular formula is C12H16N4. The second kappa shape index (κ2) is 3.56. The van der Waals surface area contributed by atoms with Crippen LogP contribution < -0.4 is 5.32 Å². The summed E-state index contributed by atoms with van der Waals surface area (Å²) in [7, 11) is 0. The van der Waals surface area contributed by atoms with E-state index in [0.29, 0.717) is 0 Å². The highest BCUT2D eigenvalue weighted by atomic mass is 15.1. The number of imidazole rings is 1. The van der Waals surface area contributed by atoms with E-state index < -0.39 is 0 Å². The van der Waals surface area contributed by atoms with Crippen LogP contribution in [0.2, 0.25) is 0 Å². The van der Waals surface area contributed by atoms with Gasteiger partial charge in [0.05, 0.1) is 22.8 Å². The van der Waals surface area contributed by atoms with Crippen LogP contribution >= 0.6 is 0 Å². The molecule has 0 aliphatic carbocycles. The van der Waals surface area contributed by atoms with Crippen LogP contribution in [0.5, 0.6) is 0 Å². The molecule has 1 atom stereocenters. The van der Waals surface area contributed by atoms with Crippen molar-refractivity contribution < 1.29 is 0 Å². The second-order valence-corrected chi connectivity index (χ2v) is 4.69. The molecule has 1 aliphatic rings. The molecule has 0 radical (unpaired) electrons. The van der Waals surface area contributed by atoms with Gasteiger partial charge in [-0.1, -0.05) is 0 Å². The number of fused-ring (bicyclic) bond motifs is 1. The van der Waals surface area contributed by atoms with Crippen molar-refractivity contribution in [3.8, 4) is 0 Å². The molecular weight excluding hydrogens is 200 g/mol. The zero-order valence-electron chi connectivity index (χ0n) is 9.45. The molecule has 1 unspecified atom stereocenters. The Kier molecular flexibility index (Phi) is 2.17. The molecule has 2 aromatic heterocycles. The molecule has 2 N–H and O–H groups in total. The van der Waals surface area contributed by atoms with E-state index in [-0.39, 0.29) is 5.54 Å². The van der Waals surface area contributed by atoms with Crippen LogP contribution in [0.3, 0.4) is 0 Å². The first-order valence-corrected chi connectivity index (χ1v) is 5.83. The minimum atomic E-state index is -0.00271. The number of hydrogen-bond acceptors (Lipinski definition) is 3. The molecule has 3 rings (SSSR count). The van der Waals surface area contributed by atoms with Crippen molar-refractivity contribution in [2.75, 3.05) is 6.54 Å². The Balaban J connectivity index is 2.04. The minimum Gasteiger partial charge on any atom is -0.339 e. The van der Waals surface area contributed by atoms with Crippen molar-refractivity contribution in [3.63, 3.8) is 0 Å². The lowest BCUT2D eigenvalue weighted by molar-refractivity contribution is 0.271. The average Bonchev–Trinajstić information content (AvgIpc) is 2.74. The summed E-state index contributed by atoms with van der Waals surface area (Å²) < 4.78 is 0. The molecule has 84 valence electrons. The van der Waals surface area contributed by atoms with E-state index in [2.05, 4.69) is 27.2 Å². The third-order valence-electron chi connectivity index (χ3n) is 3.42. The minimum absolute atomic E-state index is 0.00271. The maximum atomic E-state index is 4.65. The first kappa shape index (κ1) is 9.78. The molecule has 4 heteroatoms. The average molecular weight is 216 g/mol. The SMILES string of the molecule is CC1(c2nc3ccncc3[nH]2)CCCCN1. The molecule has 3 heterocycles. The zero-order valence-corrected chi connectivity index (χ0v) is 9.45. The van der Waals surface area contributed by atoms with Gasteiger partial charge in [0, 0.05) is 6.20 Å². The lowest BCUT2D eigenvalue weighted by atomic mass is 9.90. The summed E-state index contributed by atoms with van der Waals surface area (Å²) in [5.74, 6) is 1.04. The summed E-state index contributed by atoms with van der Waals surface area (Å²) in [5, 5.41) is 3.56. The summed E-state index contributed by atoms with van der Waals surface area (Å²) in [6.45, 7) is 3.29. The Morgan fingerprint density at radius 2 is 2.31 bits per heavy atom. The number of H-pyrrole nitrogens is 1. The van der Waals surface area contributed by atoms with Gasteiger partial charge in [-0.3, -0.25) is 4.98 Å². The molecule has 1 saturated heterocycles. The molecule has 1 aliphatic heterocycles. The zero-order chi connectivity index (χ0) is 11.0. The van der Waals surface area contributed by atoms with Gasteiger partial charge in [-0.2, -0.15) is 0 Å². The first-order chi connectivity index (χ1) is 7.78. The Hall–Kier alpha value is -1.42. The van der Waals surface area contributed by atoms with Crippen molar-refractivity contribution in [1.82, 2.24) is 20.3 Å². The fourth-order valence-electron chi connectivity index (χ4n) is 2.38. The molecule has 2 aromatic rings. The third kappa shape index (κ3) is 1.50. The van der Waals surface area contributed by atoms with E-state index in [1.54, 1.807) is 6.20 Å². The van der Waals surface area contributed by atoms with Crippen molar-refractivity contribution >= 4 is 11.0 Å². The van der Waals surface area contributed by atoms with Crippen molar-refractivity contribution in [2.24, 2.45) is 0 Å². The number of rotatable bonds is 1. The monoisotopic (exact) mass is 216 g/mol. The number of nitrogens with zero attached hydrogens (tertiary/aromatic N) is 2. The van der Waals surface area contributed by atoms with Crippen LogP contribution in [0, 0.1) is 0 Å². The number of hydrogen-bond donors (Lipinski definition) is 2. The molecule has 0 saturated carbocycles. The van der Waals surface area contributed by atoms with Gasteiger partial charge in [-0.25, -0.2) is 4.98 Å². The topological polar surface area (TPSA) is 53.6 Å². The Morgan fingerprint density at radius 3 is 3.06 bits per heavy atom. The van der Waals surface area contributed by atoms with Gasteiger partial charge in [0.15, 0.2) is 0 Å². The van der Waals surface area contributed by atoms with E-state index in [9.17, 15) is 0 Å². The Bertz CT molecular complexity index is 463. The summed E-state index contributed by atoms with van der Waals surface area (Å²) in [5.41, 5.74) is 2.02. The number of aromatic nitrogens is 3. The fraction of sp³-hybridized carbons (Fsp3) is 0.500. The lowest BCUT2D eigenvalue weighted by Gasteiger charge is -2.33. The van der Waals surface area contributed by atoms with Crippen LogP contribution in [0.15, 0.2) is 18.5 Å². The van der Waals surface area contributed by atoms with Crippen LogP contribution in [0.4, 0.5) is 0 Å². The van der Waals surface area contributed by atoms with Gasteiger partial charge in [0.1, 0.15) is 5.82 Å². The van der Waals surface area contributed by atoms with Crippen molar-refractivity contribution in [1.29, 1.82) is 0 Å². The maximum absolute atomic E-state index is 4.65. The van der Waals surface area contributed by atoms with Gasteiger partial charge >= 0.3 is 0 Å². The summed E-state index contributed by atoms with van der Waals surface area (Å²) >= 11 is 0. The van der Waals surface area contributed by atoms with E-state index in [1.165, 1.54) is 12.8 Å². The van der Waals surface area contributed by atoms with Crippen LogP contribution in [-0.2, 0) is 5.54 Å². The quantitative estimate of drug-likeness (QED) is 0.766. The number of piperidine rings is 1. The predicted molar refractivity (Wildman–Crippen MR) is 63.1 cm³/mol. The largest absolute Gasteiger partial charge is 0.339 e. The smallest absolute Gasteiger partial charge is 0.127 e. The molecule has 0 bridgehead atoms. The maximum Gasteiger partial charge on any atom is 0.127 e. The Morgan fingerprint density at radius 1 is 1.38 bits per heavy atom. The van der Waals surface area contributed by atoms with E-state index in [0.717, 1.165) is 29.8 Å². The van der Waals surface area contributed by atoms with Gasteiger partial charge in [0.25, 0.3) is 0 Å². The number of aromatic amines is 1. The van der Waals surface area contributed by atoms with E-state index >= 15 is 0 Å². The van der Waals surface area contributed by atoms with Gasteiger partial charge < -0.3 is 10.3 Å². The highest BCUT2D eigenvalue weighted by molar-refractivity contribution is 5.73. The predicted octanol–water partition coefficient (Wildman–Crippen LogP) is 1.95. The number of nitrogens with one attached hydrogen (secondary N) is 2. The number of pyridine rings is 1. The standard InChI is InChI=1S/C12H16N4/c1-12(5-2-3-6-14-12)11-15-9-4-7-13-8-10(9)16-11/h4,7-8,14H,2-3,5-6H2,1H3,(H,15,16). The summed E-state index contributed by atoms with van der Waals surface area (Å²) in [6.07, 6.45) is 7.28. The molecule has 0 amide bonds. The molecule has 1 fully saturated rings. The van der Waals surface area contributed by atoms with Crippen LogP contribution in [0.25, 0.3) is 11.0 Å². The second-order valence-electron chi connectivity index (χ2n) is 4.69. The highest BCUT2D eigenvalue weighted by Crippen LogP contribution is 2.28. The molecule has 16 heavy (non-hydrogen) atoms. The van der Waals surface area contributed by atoms with Gasteiger partial charge in [-0.05, 0) is 38.8 Å². The summed E-state index contributed by atoms with van der Waals surface area (Å²) in [6, 6.07) is 1.95. The van der Waals surface area contributed by atoms with Crippen LogP contribution in [0.1, 0.15) is 32.0 Å². The Labute approximate surface area is 94.5 Å². The fourth-order valence-corrected chi connectivity index (χ4v) is 2.38. The molecule has 0 spiro atoms. The summed E-state index contributed by atoms with van der Waals surface area (Å²) in [4.78, 5) is 12.1. The first-order valence-electron chi connectivity index (χ1n) is 5.83. The van der Waals surface area contributed by atoms with E-state index in [1.807, 2.05) is 12.3 Å². The molecule has 4 nitrogen and oxygen atoms in total. The normalized spacial score (nSPS) is 26.1. The van der Waals surface area contributed by atoms with Crippen LogP contribution in [-0.4, -0.2) is 21.5 Å². The van der Waals surface area contributed by atoms with E-state index in [4.69, 9.17) is 0 Å².